The molecular formula is C15H31N5O. The Balaban J connectivity index is 2.25. The Bertz CT molecular complexity index is 354. The third-order valence-corrected chi connectivity index (χ3v) is 3.61. The molecule has 6 heteroatoms. The summed E-state index contributed by atoms with van der Waals surface area (Å²) < 4.78 is 0. The molecule has 1 fully saturated rings. The second-order valence-corrected chi connectivity index (χ2v) is 6.72. The van der Waals surface area contributed by atoms with Crippen molar-refractivity contribution in [3.05, 3.63) is 0 Å². The lowest BCUT2D eigenvalue weighted by Gasteiger charge is -2.32. The molecule has 0 aromatic carbocycles. The number of carbonyl (C=O) groups is 1. The normalized spacial score (nSPS) is 18.4. The van der Waals surface area contributed by atoms with Crippen molar-refractivity contribution in [3.8, 4) is 0 Å². The van der Waals surface area contributed by atoms with Crippen LogP contribution < -0.4 is 16.0 Å². The molecule has 0 aromatic heterocycles. The number of aliphatic imine (C=N–C) groups is 1. The molecule has 3 N–H and O–H groups in total. The summed E-state index contributed by atoms with van der Waals surface area (Å²) in [5.41, 5.74) is -0.150. The van der Waals surface area contributed by atoms with E-state index in [0.717, 1.165) is 38.4 Å². The van der Waals surface area contributed by atoms with Gasteiger partial charge in [-0.05, 0) is 52.6 Å². The topological polar surface area (TPSA) is 68.8 Å². The summed E-state index contributed by atoms with van der Waals surface area (Å²) >= 11 is 0. The van der Waals surface area contributed by atoms with Crippen molar-refractivity contribution in [2.24, 2.45) is 10.9 Å². The molecule has 0 radical (unpaired) electrons. The van der Waals surface area contributed by atoms with Gasteiger partial charge in [0.2, 0.25) is 5.91 Å². The van der Waals surface area contributed by atoms with Crippen molar-refractivity contribution >= 4 is 11.9 Å². The van der Waals surface area contributed by atoms with Gasteiger partial charge in [-0.2, -0.15) is 0 Å². The Morgan fingerprint density at radius 3 is 2.38 bits per heavy atom. The van der Waals surface area contributed by atoms with E-state index in [0.29, 0.717) is 12.5 Å². The fraction of sp³-hybridized carbons (Fsp3) is 0.867. The lowest BCUT2D eigenvalue weighted by atomic mass is 9.97. The quantitative estimate of drug-likeness (QED) is 0.519. The Kier molecular flexibility index (Phi) is 6.95. The van der Waals surface area contributed by atoms with Crippen molar-refractivity contribution in [3.63, 3.8) is 0 Å². The lowest BCUT2D eigenvalue weighted by molar-refractivity contribution is -0.124. The van der Waals surface area contributed by atoms with Crippen LogP contribution in [0.15, 0.2) is 4.99 Å². The molecule has 1 aliphatic rings. The number of rotatable bonds is 4. The number of piperidine rings is 1. The van der Waals surface area contributed by atoms with Crippen LogP contribution in [0.4, 0.5) is 0 Å². The molecule has 0 saturated carbocycles. The van der Waals surface area contributed by atoms with Crippen LogP contribution in [-0.2, 0) is 4.79 Å². The number of carbonyl (C=O) groups excluding carboxylic acids is 1. The zero-order chi connectivity index (χ0) is 15.9. The predicted molar refractivity (Wildman–Crippen MR) is 87.5 cm³/mol. The van der Waals surface area contributed by atoms with E-state index in [4.69, 9.17) is 0 Å². The van der Waals surface area contributed by atoms with Gasteiger partial charge in [0, 0.05) is 26.2 Å². The summed E-state index contributed by atoms with van der Waals surface area (Å²) in [7, 11) is 3.64. The highest BCUT2D eigenvalue weighted by atomic mass is 16.2. The summed E-state index contributed by atoms with van der Waals surface area (Å²) in [5.74, 6) is 1.61. The van der Waals surface area contributed by atoms with Gasteiger partial charge in [-0.25, -0.2) is 0 Å². The van der Waals surface area contributed by atoms with Gasteiger partial charge in [0.25, 0.3) is 0 Å². The number of guanidine groups is 1. The Labute approximate surface area is 128 Å². The van der Waals surface area contributed by atoms with E-state index in [1.54, 1.807) is 7.05 Å². The standard InChI is InChI=1S/C15H31N5O/c1-15(2,3)19-13(21)11-20-8-6-12(7-9-20)10-18-14(16-4)17-5/h12H,6-11H2,1-5H3,(H,19,21)(H2,16,17,18). The van der Waals surface area contributed by atoms with Crippen molar-refractivity contribution in [2.75, 3.05) is 40.3 Å². The third kappa shape index (κ3) is 7.32. The Morgan fingerprint density at radius 1 is 1.29 bits per heavy atom. The van der Waals surface area contributed by atoms with Crippen molar-refractivity contribution in [1.29, 1.82) is 0 Å². The van der Waals surface area contributed by atoms with Crippen molar-refractivity contribution in [1.82, 2.24) is 20.9 Å². The van der Waals surface area contributed by atoms with E-state index < -0.39 is 0 Å². The van der Waals surface area contributed by atoms with E-state index in [1.165, 1.54) is 0 Å². The van der Waals surface area contributed by atoms with E-state index >= 15 is 0 Å². The van der Waals surface area contributed by atoms with Crippen molar-refractivity contribution < 1.29 is 4.79 Å². The van der Waals surface area contributed by atoms with Gasteiger partial charge in [0.05, 0.1) is 6.54 Å². The molecule has 1 rings (SSSR count). The molecule has 1 amide bonds. The molecule has 6 nitrogen and oxygen atoms in total. The fourth-order valence-electron chi connectivity index (χ4n) is 2.53. The molecular weight excluding hydrogens is 266 g/mol. The molecule has 1 aliphatic heterocycles. The monoisotopic (exact) mass is 297 g/mol. The number of likely N-dealkylation sites (tertiary alicyclic amines) is 1. The van der Waals surface area contributed by atoms with Crippen molar-refractivity contribution in [2.45, 2.75) is 39.2 Å². The summed E-state index contributed by atoms with van der Waals surface area (Å²) in [6.07, 6.45) is 2.24. The average molecular weight is 297 g/mol. The summed E-state index contributed by atoms with van der Waals surface area (Å²) in [5, 5.41) is 9.36. The van der Waals surface area contributed by atoms with Gasteiger partial charge in [0.1, 0.15) is 0 Å². The summed E-state index contributed by atoms with van der Waals surface area (Å²) in [6.45, 7) is 9.46. The Morgan fingerprint density at radius 2 is 1.90 bits per heavy atom. The van der Waals surface area contributed by atoms with Gasteiger partial charge >= 0.3 is 0 Å². The zero-order valence-electron chi connectivity index (χ0n) is 14.1. The summed E-state index contributed by atoms with van der Waals surface area (Å²) in [4.78, 5) is 18.3. The second-order valence-electron chi connectivity index (χ2n) is 6.72. The van der Waals surface area contributed by atoms with E-state index in [2.05, 4.69) is 25.8 Å². The summed E-state index contributed by atoms with van der Waals surface area (Å²) in [6, 6.07) is 0. The smallest absolute Gasteiger partial charge is 0.234 e. The zero-order valence-corrected chi connectivity index (χ0v) is 14.1. The SMILES string of the molecule is CN=C(NC)NCC1CCN(CC(=O)NC(C)(C)C)CC1. The maximum atomic E-state index is 11.9. The third-order valence-electron chi connectivity index (χ3n) is 3.61. The maximum absolute atomic E-state index is 11.9. The largest absolute Gasteiger partial charge is 0.359 e. The van der Waals surface area contributed by atoms with Gasteiger partial charge in [-0.1, -0.05) is 0 Å². The lowest BCUT2D eigenvalue weighted by Crippen LogP contribution is -2.48. The first-order valence-electron chi connectivity index (χ1n) is 7.76. The highest BCUT2D eigenvalue weighted by Crippen LogP contribution is 2.16. The van der Waals surface area contributed by atoms with E-state index in [-0.39, 0.29) is 11.4 Å². The minimum absolute atomic E-state index is 0.120. The van der Waals surface area contributed by atoms with Gasteiger partial charge in [-0.15, -0.1) is 0 Å². The molecule has 1 heterocycles. The first-order chi connectivity index (χ1) is 9.84. The number of hydrogen-bond donors (Lipinski definition) is 3. The van der Waals surface area contributed by atoms with Gasteiger partial charge in [-0.3, -0.25) is 14.7 Å². The minimum Gasteiger partial charge on any atom is -0.359 e. The van der Waals surface area contributed by atoms with E-state index in [1.807, 2.05) is 27.8 Å². The first kappa shape index (κ1) is 17.8. The highest BCUT2D eigenvalue weighted by Gasteiger charge is 2.22. The van der Waals surface area contributed by atoms with Crippen LogP contribution in [0.3, 0.4) is 0 Å². The molecule has 21 heavy (non-hydrogen) atoms. The van der Waals surface area contributed by atoms with Gasteiger partial charge < -0.3 is 16.0 Å². The Hall–Kier alpha value is -1.30. The van der Waals surface area contributed by atoms with Gasteiger partial charge in [0.15, 0.2) is 5.96 Å². The highest BCUT2D eigenvalue weighted by molar-refractivity contribution is 5.79. The van der Waals surface area contributed by atoms with Crippen LogP contribution in [0.5, 0.6) is 0 Å². The number of nitrogens with one attached hydrogen (secondary N) is 3. The van der Waals surface area contributed by atoms with E-state index in [9.17, 15) is 4.79 Å². The number of nitrogens with zero attached hydrogens (tertiary/aromatic N) is 2. The maximum Gasteiger partial charge on any atom is 0.234 e. The predicted octanol–water partition coefficient (Wildman–Crippen LogP) is 0.408. The van der Waals surface area contributed by atoms with Crippen LogP contribution in [0.25, 0.3) is 0 Å². The molecule has 0 aliphatic carbocycles. The van der Waals surface area contributed by atoms with Crippen LogP contribution in [0.1, 0.15) is 33.6 Å². The second kappa shape index (κ2) is 8.22. The van der Waals surface area contributed by atoms with Crippen LogP contribution in [0.2, 0.25) is 0 Å². The van der Waals surface area contributed by atoms with Crippen LogP contribution >= 0.6 is 0 Å². The first-order valence-corrected chi connectivity index (χ1v) is 7.76. The van der Waals surface area contributed by atoms with Crippen LogP contribution in [0, 0.1) is 5.92 Å². The molecule has 0 atom stereocenters. The number of hydrogen-bond acceptors (Lipinski definition) is 3. The molecule has 0 unspecified atom stereocenters. The average Bonchev–Trinajstić information content (AvgIpc) is 2.39. The molecule has 0 spiro atoms. The molecule has 0 bridgehead atoms. The fourth-order valence-corrected chi connectivity index (χ4v) is 2.53. The number of amides is 1. The minimum atomic E-state index is -0.150. The molecule has 122 valence electrons. The molecule has 1 saturated heterocycles. The molecule has 0 aromatic rings. The van der Waals surface area contributed by atoms with Crippen LogP contribution in [-0.4, -0.2) is 62.6 Å².